The van der Waals surface area contributed by atoms with Crippen LogP contribution in [0.25, 0.3) is 0 Å². The van der Waals surface area contributed by atoms with Crippen molar-refractivity contribution in [1.29, 1.82) is 0 Å². The molecule has 1 saturated carbocycles. The zero-order valence-electron chi connectivity index (χ0n) is 11.3. The van der Waals surface area contributed by atoms with Gasteiger partial charge in [-0.15, -0.1) is 0 Å². The molecule has 1 N–H and O–H groups in total. The van der Waals surface area contributed by atoms with Gasteiger partial charge in [0, 0.05) is 12.5 Å². The minimum Gasteiger partial charge on any atom is -0.480 e. The molecule has 19 heavy (non-hydrogen) atoms. The van der Waals surface area contributed by atoms with Crippen molar-refractivity contribution in [3.05, 3.63) is 29.8 Å². The summed E-state index contributed by atoms with van der Waals surface area (Å²) in [7, 11) is 0. The van der Waals surface area contributed by atoms with E-state index in [0.717, 1.165) is 12.8 Å². The van der Waals surface area contributed by atoms with Gasteiger partial charge < -0.3 is 10.1 Å². The Bertz CT molecular complexity index is 480. The van der Waals surface area contributed by atoms with Gasteiger partial charge in [0.1, 0.15) is 5.75 Å². The minimum atomic E-state index is -0.591. The number of nitrogens with one attached hydrogen (secondary N) is 1. The monoisotopic (exact) mass is 261 g/mol. The van der Waals surface area contributed by atoms with E-state index in [0.29, 0.717) is 23.8 Å². The highest BCUT2D eigenvalue weighted by atomic mass is 16.5. The first kappa shape index (κ1) is 13.6. The molecule has 4 heteroatoms. The van der Waals surface area contributed by atoms with Gasteiger partial charge in [-0.2, -0.15) is 0 Å². The number of ketones is 1. The molecule has 0 bridgehead atoms. The molecule has 4 nitrogen and oxygen atoms in total. The van der Waals surface area contributed by atoms with E-state index in [1.54, 1.807) is 31.2 Å². The Balaban J connectivity index is 2.04. The van der Waals surface area contributed by atoms with E-state index >= 15 is 0 Å². The van der Waals surface area contributed by atoms with Crippen molar-refractivity contribution >= 4 is 11.7 Å². The summed E-state index contributed by atoms with van der Waals surface area (Å²) in [6, 6.07) is 7.36. The lowest BCUT2D eigenvalue weighted by Crippen LogP contribution is -2.37. The zero-order valence-corrected chi connectivity index (χ0v) is 11.3. The summed E-state index contributed by atoms with van der Waals surface area (Å²) in [5.74, 6) is 0.374. The summed E-state index contributed by atoms with van der Waals surface area (Å²) in [5, 5.41) is 2.89. The number of hydrogen-bond donors (Lipinski definition) is 1. The molecule has 1 amide bonds. The fraction of sp³-hybridized carbons (Fsp3) is 0.467. The normalized spacial score (nSPS) is 15.7. The van der Waals surface area contributed by atoms with Crippen molar-refractivity contribution < 1.29 is 14.3 Å². The predicted molar refractivity (Wildman–Crippen MR) is 72.3 cm³/mol. The van der Waals surface area contributed by atoms with Crippen LogP contribution in [0, 0.1) is 0 Å². The fourth-order valence-corrected chi connectivity index (χ4v) is 1.78. The highest BCUT2D eigenvalue weighted by molar-refractivity contribution is 5.98. The maximum atomic E-state index is 11.8. The van der Waals surface area contributed by atoms with Crippen LogP contribution in [0.4, 0.5) is 0 Å². The van der Waals surface area contributed by atoms with Crippen LogP contribution in [0.15, 0.2) is 24.3 Å². The third-order valence-corrected chi connectivity index (χ3v) is 3.11. The van der Waals surface area contributed by atoms with E-state index in [1.165, 1.54) is 0 Å². The van der Waals surface area contributed by atoms with E-state index < -0.39 is 6.10 Å². The molecule has 1 atom stereocenters. The molecule has 0 radical (unpaired) electrons. The number of hydrogen-bond acceptors (Lipinski definition) is 3. The Labute approximate surface area is 113 Å². The van der Waals surface area contributed by atoms with Gasteiger partial charge in [0.05, 0.1) is 5.56 Å². The van der Waals surface area contributed by atoms with Gasteiger partial charge >= 0.3 is 0 Å². The number of para-hydroxylation sites is 1. The first-order chi connectivity index (χ1) is 9.11. The molecule has 1 aromatic rings. The second kappa shape index (κ2) is 5.87. The molecule has 0 aromatic heterocycles. The maximum Gasteiger partial charge on any atom is 0.260 e. The summed E-state index contributed by atoms with van der Waals surface area (Å²) >= 11 is 0. The second-order valence-corrected chi connectivity index (χ2v) is 4.82. The van der Waals surface area contributed by atoms with Crippen LogP contribution in [0.3, 0.4) is 0 Å². The predicted octanol–water partition coefficient (Wildman–Crippen LogP) is 2.33. The number of rotatable bonds is 6. The van der Waals surface area contributed by atoms with Crippen LogP contribution in [-0.4, -0.2) is 23.8 Å². The zero-order chi connectivity index (χ0) is 13.8. The van der Waals surface area contributed by atoms with E-state index in [-0.39, 0.29) is 11.7 Å². The largest absolute Gasteiger partial charge is 0.480 e. The van der Waals surface area contributed by atoms with Crippen LogP contribution >= 0.6 is 0 Å². The van der Waals surface area contributed by atoms with Gasteiger partial charge in [0.15, 0.2) is 11.9 Å². The van der Waals surface area contributed by atoms with Crippen LogP contribution in [0.5, 0.6) is 5.75 Å². The highest BCUT2D eigenvalue weighted by Crippen LogP contribution is 2.22. The number of ether oxygens (including phenoxy) is 1. The maximum absolute atomic E-state index is 11.8. The lowest BCUT2D eigenvalue weighted by molar-refractivity contribution is -0.127. The summed E-state index contributed by atoms with van der Waals surface area (Å²) in [6.45, 7) is 3.51. The molecule has 1 fully saturated rings. The minimum absolute atomic E-state index is 0.0189. The third kappa shape index (κ3) is 3.56. The molecule has 0 saturated heterocycles. The van der Waals surface area contributed by atoms with Crippen LogP contribution in [0.1, 0.15) is 43.5 Å². The van der Waals surface area contributed by atoms with Crippen LogP contribution < -0.4 is 10.1 Å². The Hall–Kier alpha value is -1.84. The molecular weight excluding hydrogens is 242 g/mol. The second-order valence-electron chi connectivity index (χ2n) is 4.82. The van der Waals surface area contributed by atoms with Gasteiger partial charge in [0.25, 0.3) is 5.91 Å². The number of benzene rings is 1. The Morgan fingerprint density at radius 2 is 2.05 bits per heavy atom. The quantitative estimate of drug-likeness (QED) is 0.800. The van der Waals surface area contributed by atoms with Crippen LogP contribution in [-0.2, 0) is 4.79 Å². The van der Waals surface area contributed by atoms with E-state index in [2.05, 4.69) is 5.32 Å². The molecule has 0 heterocycles. The fourth-order valence-electron chi connectivity index (χ4n) is 1.78. The van der Waals surface area contributed by atoms with E-state index in [4.69, 9.17) is 4.74 Å². The van der Waals surface area contributed by atoms with Crippen molar-refractivity contribution in [2.45, 2.75) is 45.3 Å². The average molecular weight is 261 g/mol. The Morgan fingerprint density at radius 3 is 2.68 bits per heavy atom. The smallest absolute Gasteiger partial charge is 0.260 e. The van der Waals surface area contributed by atoms with Crippen molar-refractivity contribution in [3.8, 4) is 5.75 Å². The van der Waals surface area contributed by atoms with Gasteiger partial charge in [0.2, 0.25) is 0 Å². The van der Waals surface area contributed by atoms with Gasteiger partial charge in [-0.05, 0) is 31.9 Å². The van der Waals surface area contributed by atoms with Gasteiger partial charge in [-0.3, -0.25) is 9.59 Å². The van der Waals surface area contributed by atoms with Crippen molar-refractivity contribution in [1.82, 2.24) is 5.32 Å². The molecule has 1 aliphatic carbocycles. The van der Waals surface area contributed by atoms with Crippen molar-refractivity contribution in [2.75, 3.05) is 0 Å². The van der Waals surface area contributed by atoms with Crippen molar-refractivity contribution in [2.24, 2.45) is 0 Å². The lowest BCUT2D eigenvalue weighted by atomic mass is 10.1. The summed E-state index contributed by atoms with van der Waals surface area (Å²) < 4.78 is 5.63. The van der Waals surface area contributed by atoms with Gasteiger partial charge in [-0.25, -0.2) is 0 Å². The first-order valence-corrected chi connectivity index (χ1v) is 6.71. The average Bonchev–Trinajstić information content (AvgIpc) is 3.22. The molecule has 0 aliphatic heterocycles. The van der Waals surface area contributed by atoms with Crippen LogP contribution in [0.2, 0.25) is 0 Å². The number of amides is 1. The highest BCUT2D eigenvalue weighted by Gasteiger charge is 2.26. The molecular formula is C15H19NO3. The number of carbonyl (C=O) groups is 2. The topological polar surface area (TPSA) is 55.4 Å². The standard InChI is InChI=1S/C15H19NO3/c1-3-13(17)12-6-4-5-7-14(12)19-10(2)15(18)16-11-8-9-11/h4-7,10-11H,3,8-9H2,1-2H3,(H,16,18). The lowest BCUT2D eigenvalue weighted by Gasteiger charge is -2.16. The molecule has 1 unspecified atom stereocenters. The molecule has 0 spiro atoms. The summed E-state index contributed by atoms with van der Waals surface area (Å²) in [4.78, 5) is 23.6. The van der Waals surface area contributed by atoms with E-state index in [9.17, 15) is 9.59 Å². The third-order valence-electron chi connectivity index (χ3n) is 3.11. The number of Topliss-reactive ketones (excluding diaryl/α,β-unsaturated/α-hetero) is 1. The molecule has 1 aliphatic rings. The molecule has 2 rings (SSSR count). The first-order valence-electron chi connectivity index (χ1n) is 6.71. The summed E-state index contributed by atoms with van der Waals surface area (Å²) in [5.41, 5.74) is 0.538. The SMILES string of the molecule is CCC(=O)c1ccccc1OC(C)C(=O)NC1CC1. The van der Waals surface area contributed by atoms with E-state index in [1.807, 2.05) is 6.92 Å². The van der Waals surface area contributed by atoms with Crippen molar-refractivity contribution in [3.63, 3.8) is 0 Å². The Morgan fingerprint density at radius 1 is 1.37 bits per heavy atom. The Kier molecular flexibility index (Phi) is 4.20. The molecule has 102 valence electrons. The molecule has 1 aromatic carbocycles. The number of carbonyl (C=O) groups excluding carboxylic acids is 2. The summed E-state index contributed by atoms with van der Waals surface area (Å²) in [6.07, 6.45) is 1.92. The van der Waals surface area contributed by atoms with Gasteiger partial charge in [-0.1, -0.05) is 19.1 Å².